The van der Waals surface area contributed by atoms with Gasteiger partial charge in [-0.3, -0.25) is 4.79 Å². The van der Waals surface area contributed by atoms with E-state index in [1.165, 1.54) is 18.2 Å². The molecule has 0 spiro atoms. The van der Waals surface area contributed by atoms with E-state index in [1.54, 1.807) is 0 Å². The lowest BCUT2D eigenvalue weighted by Gasteiger charge is -2.29. The van der Waals surface area contributed by atoms with Crippen LogP contribution in [0.15, 0.2) is 68.7 Å². The summed E-state index contributed by atoms with van der Waals surface area (Å²) in [6.07, 6.45) is 3.31. The van der Waals surface area contributed by atoms with Gasteiger partial charge in [-0.25, -0.2) is 0 Å². The maximum atomic E-state index is 13.2. The Morgan fingerprint density at radius 3 is 2.46 bits per heavy atom. The molecule has 0 radical (unpaired) electrons. The molecule has 1 saturated heterocycles. The molecule has 7 heteroatoms. The number of thioether (sulfide) groups is 1. The molecular formula is C21H20BrN3O2S. The number of likely N-dealkylation sites (tertiary alicyclic amines) is 1. The first-order valence-corrected chi connectivity index (χ1v) is 11.0. The number of benzene rings is 2. The van der Waals surface area contributed by atoms with Gasteiger partial charge in [-0.15, -0.1) is 10.2 Å². The van der Waals surface area contributed by atoms with Crippen molar-refractivity contribution in [3.63, 3.8) is 0 Å². The number of nitrogens with zero attached hydrogens (tertiary/aromatic N) is 3. The standard InChI is InChI=1S/C21H20BrN3O2S/c22-17-12-6-5-11-16(17)19-23-24-21(27-19)28-18(15-9-3-1-4-10-15)20(26)25-13-7-2-8-14-25/h1,3-6,9-12,18H,2,7-8,13-14H2/t18-/m1/s1. The van der Waals surface area contributed by atoms with Crippen molar-refractivity contribution < 1.29 is 9.21 Å². The van der Waals surface area contributed by atoms with Gasteiger partial charge in [0.25, 0.3) is 5.22 Å². The largest absolute Gasteiger partial charge is 0.411 e. The third kappa shape index (κ3) is 4.31. The molecule has 0 saturated carbocycles. The topological polar surface area (TPSA) is 59.2 Å². The molecule has 1 aliphatic heterocycles. The molecule has 1 atom stereocenters. The average molecular weight is 458 g/mol. The quantitative estimate of drug-likeness (QED) is 0.483. The molecule has 1 fully saturated rings. The minimum atomic E-state index is -0.396. The minimum absolute atomic E-state index is 0.108. The van der Waals surface area contributed by atoms with E-state index in [2.05, 4.69) is 26.1 Å². The van der Waals surface area contributed by atoms with Gasteiger partial charge in [-0.05, 0) is 64.7 Å². The molecule has 28 heavy (non-hydrogen) atoms. The minimum Gasteiger partial charge on any atom is -0.411 e. The highest BCUT2D eigenvalue weighted by atomic mass is 79.9. The lowest BCUT2D eigenvalue weighted by atomic mass is 10.1. The number of halogens is 1. The molecule has 0 bridgehead atoms. The van der Waals surface area contributed by atoms with Gasteiger partial charge < -0.3 is 9.32 Å². The fourth-order valence-corrected chi connectivity index (χ4v) is 4.68. The van der Waals surface area contributed by atoms with Gasteiger partial charge in [0.05, 0.1) is 5.56 Å². The first-order valence-electron chi connectivity index (χ1n) is 9.31. The Labute approximate surface area is 176 Å². The first kappa shape index (κ1) is 19.2. The number of hydrogen-bond donors (Lipinski definition) is 0. The summed E-state index contributed by atoms with van der Waals surface area (Å²) in [5.74, 6) is 0.545. The lowest BCUT2D eigenvalue weighted by Crippen LogP contribution is -2.38. The summed E-state index contributed by atoms with van der Waals surface area (Å²) < 4.78 is 6.77. The lowest BCUT2D eigenvalue weighted by molar-refractivity contribution is -0.131. The number of carbonyl (C=O) groups excluding carboxylic acids is 1. The summed E-state index contributed by atoms with van der Waals surface area (Å²) in [5.41, 5.74) is 1.78. The number of amides is 1. The molecule has 3 aromatic rings. The van der Waals surface area contributed by atoms with Crippen LogP contribution in [0.5, 0.6) is 0 Å². The average Bonchev–Trinajstić information content (AvgIpc) is 3.21. The molecule has 2 heterocycles. The van der Waals surface area contributed by atoms with E-state index >= 15 is 0 Å². The van der Waals surface area contributed by atoms with Crippen LogP contribution in [0.1, 0.15) is 30.1 Å². The van der Waals surface area contributed by atoms with E-state index in [-0.39, 0.29) is 5.91 Å². The molecule has 4 rings (SSSR count). The number of piperidine rings is 1. The van der Waals surface area contributed by atoms with Gasteiger partial charge in [0.1, 0.15) is 5.25 Å². The second-order valence-electron chi connectivity index (χ2n) is 6.65. The van der Waals surface area contributed by atoms with Gasteiger partial charge in [0.15, 0.2) is 0 Å². The van der Waals surface area contributed by atoms with Crippen molar-refractivity contribution in [2.45, 2.75) is 29.7 Å². The Balaban J connectivity index is 1.59. The smallest absolute Gasteiger partial charge is 0.277 e. The van der Waals surface area contributed by atoms with Crippen molar-refractivity contribution in [1.29, 1.82) is 0 Å². The Morgan fingerprint density at radius 1 is 1.00 bits per heavy atom. The highest BCUT2D eigenvalue weighted by Crippen LogP contribution is 2.38. The van der Waals surface area contributed by atoms with Crippen LogP contribution in [-0.2, 0) is 4.79 Å². The maximum absolute atomic E-state index is 13.2. The van der Waals surface area contributed by atoms with Crippen molar-refractivity contribution in [3.8, 4) is 11.5 Å². The van der Waals surface area contributed by atoms with Crippen molar-refractivity contribution in [3.05, 3.63) is 64.6 Å². The van der Waals surface area contributed by atoms with Gasteiger partial charge in [0.2, 0.25) is 11.8 Å². The summed E-state index contributed by atoms with van der Waals surface area (Å²) in [6.45, 7) is 1.63. The number of hydrogen-bond acceptors (Lipinski definition) is 5. The SMILES string of the molecule is O=C([C@H](Sc1nnc(-c2ccccc2Br)o1)c1ccccc1)N1CCCCC1. The fourth-order valence-electron chi connectivity index (χ4n) is 3.27. The number of carbonyl (C=O) groups is 1. The molecule has 2 aromatic carbocycles. The van der Waals surface area contributed by atoms with Crippen LogP contribution in [0.4, 0.5) is 0 Å². The summed E-state index contributed by atoms with van der Waals surface area (Å²) in [4.78, 5) is 15.2. The van der Waals surface area contributed by atoms with E-state index < -0.39 is 5.25 Å². The maximum Gasteiger partial charge on any atom is 0.277 e. The monoisotopic (exact) mass is 457 g/mol. The van der Waals surface area contributed by atoms with Crippen molar-refractivity contribution in [2.24, 2.45) is 0 Å². The van der Waals surface area contributed by atoms with Gasteiger partial charge >= 0.3 is 0 Å². The normalized spacial score (nSPS) is 15.4. The highest BCUT2D eigenvalue weighted by Gasteiger charge is 2.30. The zero-order chi connectivity index (χ0) is 19.3. The van der Waals surface area contributed by atoms with Crippen LogP contribution < -0.4 is 0 Å². The van der Waals surface area contributed by atoms with Crippen molar-refractivity contribution in [1.82, 2.24) is 15.1 Å². The fraction of sp³-hybridized carbons (Fsp3) is 0.286. The van der Waals surface area contributed by atoms with Crippen LogP contribution in [-0.4, -0.2) is 34.1 Å². The first-order chi connectivity index (χ1) is 13.7. The Morgan fingerprint density at radius 2 is 1.71 bits per heavy atom. The van der Waals surface area contributed by atoms with Crippen molar-refractivity contribution >= 4 is 33.6 Å². The summed E-state index contributed by atoms with van der Waals surface area (Å²) in [5, 5.41) is 8.35. The third-order valence-electron chi connectivity index (χ3n) is 4.72. The van der Waals surface area contributed by atoms with Crippen LogP contribution in [0.3, 0.4) is 0 Å². The predicted octanol–water partition coefficient (Wildman–Crippen LogP) is 5.35. The van der Waals surface area contributed by atoms with Crippen LogP contribution in [0, 0.1) is 0 Å². The van der Waals surface area contributed by atoms with Gasteiger partial charge in [-0.1, -0.05) is 42.5 Å². The van der Waals surface area contributed by atoms with Crippen LogP contribution >= 0.6 is 27.7 Å². The molecule has 0 N–H and O–H groups in total. The highest BCUT2D eigenvalue weighted by molar-refractivity contribution is 9.10. The molecule has 0 aliphatic carbocycles. The number of aromatic nitrogens is 2. The molecule has 144 valence electrons. The van der Waals surface area contributed by atoms with Gasteiger partial charge in [-0.2, -0.15) is 0 Å². The van der Waals surface area contributed by atoms with E-state index in [4.69, 9.17) is 4.42 Å². The Kier molecular flexibility index (Phi) is 6.12. The van der Waals surface area contributed by atoms with E-state index in [1.807, 2.05) is 59.5 Å². The zero-order valence-corrected chi connectivity index (χ0v) is 17.7. The second-order valence-corrected chi connectivity index (χ2v) is 8.56. The summed E-state index contributed by atoms with van der Waals surface area (Å²) >= 11 is 4.83. The molecule has 1 aliphatic rings. The van der Waals surface area contributed by atoms with E-state index in [9.17, 15) is 4.79 Å². The second kappa shape index (κ2) is 8.92. The van der Waals surface area contributed by atoms with Crippen molar-refractivity contribution in [2.75, 3.05) is 13.1 Å². The Hall–Kier alpha value is -2.12. The van der Waals surface area contributed by atoms with E-state index in [0.29, 0.717) is 11.1 Å². The third-order valence-corrected chi connectivity index (χ3v) is 6.49. The van der Waals surface area contributed by atoms with Gasteiger partial charge in [0, 0.05) is 17.6 Å². The number of rotatable bonds is 5. The molecule has 1 aromatic heterocycles. The zero-order valence-electron chi connectivity index (χ0n) is 15.3. The molecule has 5 nitrogen and oxygen atoms in total. The molecule has 1 amide bonds. The summed E-state index contributed by atoms with van der Waals surface area (Å²) in [7, 11) is 0. The predicted molar refractivity (Wildman–Crippen MR) is 113 cm³/mol. The molecule has 0 unspecified atom stereocenters. The van der Waals surface area contributed by atoms with Crippen LogP contribution in [0.2, 0.25) is 0 Å². The molecular weight excluding hydrogens is 438 g/mol. The summed E-state index contributed by atoms with van der Waals surface area (Å²) in [6, 6.07) is 17.5. The Bertz CT molecular complexity index is 942. The van der Waals surface area contributed by atoms with Crippen LogP contribution in [0.25, 0.3) is 11.5 Å². The van der Waals surface area contributed by atoms with E-state index in [0.717, 1.165) is 41.5 Å².